The number of anilines is 1. The van der Waals surface area contributed by atoms with Crippen molar-refractivity contribution in [2.24, 2.45) is 0 Å². The summed E-state index contributed by atoms with van der Waals surface area (Å²) in [5.41, 5.74) is -0.886. The predicted molar refractivity (Wildman–Crippen MR) is 132 cm³/mol. The van der Waals surface area contributed by atoms with Gasteiger partial charge in [-0.05, 0) is 38.0 Å². The Morgan fingerprint density at radius 2 is 2.05 bits per heavy atom. The lowest BCUT2D eigenvalue weighted by atomic mass is 9.79. The molecule has 2 unspecified atom stereocenters. The molecule has 1 spiro atoms. The van der Waals surface area contributed by atoms with Gasteiger partial charge in [-0.2, -0.15) is 0 Å². The number of terminal acetylenes is 1. The normalized spacial score (nSPS) is 24.6. The minimum Gasteiger partial charge on any atom is -0.477 e. The Balaban J connectivity index is 1.39. The highest BCUT2D eigenvalue weighted by Gasteiger charge is 2.56. The van der Waals surface area contributed by atoms with E-state index in [9.17, 15) is 23.2 Å². The van der Waals surface area contributed by atoms with Crippen molar-refractivity contribution >= 4 is 23.4 Å². The van der Waals surface area contributed by atoms with Crippen LogP contribution in [-0.4, -0.2) is 53.0 Å². The van der Waals surface area contributed by atoms with Crippen molar-refractivity contribution in [1.29, 1.82) is 0 Å². The molecule has 3 heterocycles. The van der Waals surface area contributed by atoms with E-state index in [4.69, 9.17) is 11.2 Å². The van der Waals surface area contributed by atoms with Crippen LogP contribution in [-0.2, 0) is 26.2 Å². The second kappa shape index (κ2) is 8.87. The van der Waals surface area contributed by atoms with E-state index in [2.05, 4.69) is 16.6 Å². The molecule has 9 heteroatoms. The lowest BCUT2D eigenvalue weighted by molar-refractivity contribution is -0.139. The fourth-order valence-corrected chi connectivity index (χ4v) is 5.55. The van der Waals surface area contributed by atoms with Gasteiger partial charge in [0.1, 0.15) is 11.7 Å². The molecule has 2 aromatic carbocycles. The fourth-order valence-electron chi connectivity index (χ4n) is 5.55. The summed E-state index contributed by atoms with van der Waals surface area (Å²) in [4.78, 5) is 41.3. The van der Waals surface area contributed by atoms with Crippen LogP contribution in [0.1, 0.15) is 37.8 Å². The molecule has 4 atom stereocenters. The first-order chi connectivity index (χ1) is 17.5. The second-order valence-electron chi connectivity index (χ2n) is 10.5. The Kier molecular flexibility index (Phi) is 5.94. The maximum atomic E-state index is 14.8. The number of para-hydroxylation sites is 2. The van der Waals surface area contributed by atoms with Gasteiger partial charge in [-0.3, -0.25) is 14.4 Å². The van der Waals surface area contributed by atoms with Gasteiger partial charge in [0.2, 0.25) is 11.8 Å². The minimum atomic E-state index is -1.81. The monoisotopic (exact) mass is 507 g/mol. The number of carbonyl (C=O) groups excluding carboxylic acids is 3. The molecule has 0 radical (unpaired) electrons. The lowest BCUT2D eigenvalue weighted by Gasteiger charge is -2.30. The average molecular weight is 508 g/mol. The lowest BCUT2D eigenvalue weighted by Crippen LogP contribution is -2.54. The first kappa shape index (κ1) is 24.8. The number of fused-ring (bicyclic) bond motifs is 3. The zero-order chi connectivity index (χ0) is 26.5. The number of nitrogens with zero attached hydrogens (tertiary/aromatic N) is 1. The highest BCUT2D eigenvalue weighted by Crippen LogP contribution is 2.46. The van der Waals surface area contributed by atoms with Crippen molar-refractivity contribution in [3.8, 4) is 18.1 Å². The molecule has 5 rings (SSSR count). The van der Waals surface area contributed by atoms with E-state index in [0.29, 0.717) is 11.3 Å². The SMILES string of the molecule is C#C[C@@H]1C[C@@]2(CN1C(=O)C(CC(C)(C)F)NC(=O)C1Cc3cccc(F)c3O1)C(=O)Nc1ccccc12. The number of carbonyl (C=O) groups is 3. The minimum absolute atomic E-state index is 0.000781. The maximum Gasteiger partial charge on any atom is 0.262 e. The Bertz CT molecular complexity index is 1330. The number of likely N-dealkylation sites (tertiary alicyclic amines) is 1. The summed E-state index contributed by atoms with van der Waals surface area (Å²) in [6, 6.07) is 9.65. The molecule has 0 aromatic heterocycles. The number of halogens is 2. The van der Waals surface area contributed by atoms with Gasteiger partial charge < -0.3 is 20.3 Å². The molecule has 192 valence electrons. The van der Waals surface area contributed by atoms with Crippen LogP contribution in [0.5, 0.6) is 5.75 Å². The number of hydrogen-bond donors (Lipinski definition) is 2. The topological polar surface area (TPSA) is 87.7 Å². The van der Waals surface area contributed by atoms with Crippen LogP contribution in [0.4, 0.5) is 14.5 Å². The Morgan fingerprint density at radius 1 is 1.30 bits per heavy atom. The largest absolute Gasteiger partial charge is 0.477 e. The summed E-state index contributed by atoms with van der Waals surface area (Å²) in [7, 11) is 0. The van der Waals surface area contributed by atoms with E-state index in [1.54, 1.807) is 18.2 Å². The summed E-state index contributed by atoms with van der Waals surface area (Å²) < 4.78 is 34.4. The molecule has 2 aromatic rings. The molecule has 37 heavy (non-hydrogen) atoms. The molecular weight excluding hydrogens is 480 g/mol. The molecule has 0 saturated carbocycles. The van der Waals surface area contributed by atoms with Crippen LogP contribution in [0.3, 0.4) is 0 Å². The third-order valence-electron chi connectivity index (χ3n) is 7.27. The van der Waals surface area contributed by atoms with E-state index < -0.39 is 46.9 Å². The smallest absolute Gasteiger partial charge is 0.262 e. The van der Waals surface area contributed by atoms with E-state index in [1.807, 2.05) is 12.1 Å². The van der Waals surface area contributed by atoms with Gasteiger partial charge in [0, 0.05) is 30.6 Å². The van der Waals surface area contributed by atoms with Gasteiger partial charge in [0.05, 0.1) is 11.5 Å². The van der Waals surface area contributed by atoms with Gasteiger partial charge in [-0.1, -0.05) is 36.3 Å². The quantitative estimate of drug-likeness (QED) is 0.610. The second-order valence-corrected chi connectivity index (χ2v) is 10.5. The van der Waals surface area contributed by atoms with Crippen LogP contribution in [0.2, 0.25) is 0 Å². The summed E-state index contributed by atoms with van der Waals surface area (Å²) in [5, 5.41) is 5.48. The van der Waals surface area contributed by atoms with E-state index >= 15 is 0 Å². The van der Waals surface area contributed by atoms with Gasteiger partial charge in [-0.25, -0.2) is 8.78 Å². The van der Waals surface area contributed by atoms with E-state index in [-0.39, 0.29) is 37.5 Å². The van der Waals surface area contributed by atoms with Crippen LogP contribution in [0.15, 0.2) is 42.5 Å². The third-order valence-corrected chi connectivity index (χ3v) is 7.27. The number of amides is 3. The van der Waals surface area contributed by atoms with Crippen molar-refractivity contribution < 1.29 is 27.9 Å². The first-order valence-corrected chi connectivity index (χ1v) is 12.1. The molecule has 2 N–H and O–H groups in total. The first-order valence-electron chi connectivity index (χ1n) is 12.1. The van der Waals surface area contributed by atoms with E-state index in [0.717, 1.165) is 5.56 Å². The summed E-state index contributed by atoms with van der Waals surface area (Å²) in [6.07, 6.45) is 4.72. The molecule has 1 saturated heterocycles. The number of hydrogen-bond acceptors (Lipinski definition) is 4. The highest BCUT2D eigenvalue weighted by atomic mass is 19.1. The molecule has 3 aliphatic rings. The standard InChI is InChI=1S/C28H27F2N3O4/c1-4-17-13-28(18-9-5-6-11-20(18)32-26(28)36)15-33(17)25(35)21(14-27(2,3)30)31-24(34)22-12-16-8-7-10-19(29)23(16)37-22/h1,5-11,17,21-22H,12-15H2,2-3H3,(H,31,34)(H,32,36)/t17-,21?,22?,28+/m1/s1. The number of benzene rings is 2. The summed E-state index contributed by atoms with van der Waals surface area (Å²) >= 11 is 0. The average Bonchev–Trinajstić information content (AvgIpc) is 3.53. The third kappa shape index (κ3) is 4.31. The van der Waals surface area contributed by atoms with Crippen molar-refractivity contribution in [2.75, 3.05) is 11.9 Å². The Labute approximate surface area is 213 Å². The fraction of sp³-hybridized carbons (Fsp3) is 0.393. The van der Waals surface area contributed by atoms with E-state index in [1.165, 1.54) is 30.9 Å². The number of ether oxygens (including phenoxy) is 1. The van der Waals surface area contributed by atoms with Gasteiger partial charge in [-0.15, -0.1) is 6.42 Å². The number of nitrogens with one attached hydrogen (secondary N) is 2. The molecule has 1 fully saturated rings. The van der Waals surface area contributed by atoms with Crippen LogP contribution in [0.25, 0.3) is 0 Å². The zero-order valence-corrected chi connectivity index (χ0v) is 20.5. The summed E-state index contributed by atoms with van der Waals surface area (Å²) in [6.45, 7) is 2.61. The van der Waals surface area contributed by atoms with Gasteiger partial charge in [0.15, 0.2) is 17.7 Å². The number of alkyl halides is 1. The number of rotatable bonds is 5. The summed E-state index contributed by atoms with van der Waals surface area (Å²) in [5.74, 6) is 0.508. The molecular formula is C28H27F2N3O4. The van der Waals surface area contributed by atoms with Gasteiger partial charge in [0.25, 0.3) is 5.91 Å². The Hall–Kier alpha value is -3.93. The van der Waals surface area contributed by atoms with Crippen molar-refractivity contribution in [3.05, 3.63) is 59.4 Å². The van der Waals surface area contributed by atoms with Crippen molar-refractivity contribution in [1.82, 2.24) is 10.2 Å². The Morgan fingerprint density at radius 3 is 2.76 bits per heavy atom. The molecule has 3 amide bonds. The molecule has 7 nitrogen and oxygen atoms in total. The predicted octanol–water partition coefficient (Wildman–Crippen LogP) is 2.88. The highest BCUT2D eigenvalue weighted by molar-refractivity contribution is 6.07. The van der Waals surface area contributed by atoms with Gasteiger partial charge >= 0.3 is 0 Å². The molecule has 0 bridgehead atoms. The van der Waals surface area contributed by atoms with Crippen LogP contribution in [0, 0.1) is 18.2 Å². The molecule has 0 aliphatic carbocycles. The van der Waals surface area contributed by atoms with Crippen LogP contribution >= 0.6 is 0 Å². The maximum absolute atomic E-state index is 14.8. The molecule has 3 aliphatic heterocycles. The van der Waals surface area contributed by atoms with Crippen LogP contribution < -0.4 is 15.4 Å². The van der Waals surface area contributed by atoms with Crippen molar-refractivity contribution in [2.45, 2.75) is 62.4 Å². The van der Waals surface area contributed by atoms with Crippen molar-refractivity contribution in [3.63, 3.8) is 0 Å². The zero-order valence-electron chi connectivity index (χ0n) is 20.5.